The van der Waals surface area contributed by atoms with Crippen LogP contribution in [0.4, 0.5) is 10.6 Å². The Morgan fingerprint density at radius 3 is 2.79 bits per heavy atom. The molecule has 1 atom stereocenters. The van der Waals surface area contributed by atoms with Gasteiger partial charge in [0.2, 0.25) is 0 Å². The Kier molecular flexibility index (Phi) is 4.42. The number of amides is 1. The van der Waals surface area contributed by atoms with Gasteiger partial charge in [0.15, 0.2) is 17.7 Å². The molecule has 3 aliphatic rings. The van der Waals surface area contributed by atoms with E-state index in [9.17, 15) is 4.79 Å². The van der Waals surface area contributed by atoms with Gasteiger partial charge in [-0.15, -0.1) is 0 Å². The van der Waals surface area contributed by atoms with Crippen LogP contribution in [-0.2, 0) is 9.47 Å². The normalized spacial score (nSPS) is 24.1. The number of aromatic nitrogens is 1. The second-order valence-electron chi connectivity index (χ2n) is 6.54. The highest BCUT2D eigenvalue weighted by Gasteiger charge is 2.32. The van der Waals surface area contributed by atoms with Crippen LogP contribution in [0.5, 0.6) is 5.75 Å². The van der Waals surface area contributed by atoms with E-state index in [0.29, 0.717) is 26.3 Å². The van der Waals surface area contributed by atoms with Gasteiger partial charge in [0.25, 0.3) is 0 Å². The highest BCUT2D eigenvalue weighted by Crippen LogP contribution is 2.30. The fourth-order valence-electron chi connectivity index (χ4n) is 3.31. The van der Waals surface area contributed by atoms with E-state index in [0.717, 1.165) is 31.1 Å². The van der Waals surface area contributed by atoms with E-state index in [-0.39, 0.29) is 18.3 Å². The molecule has 0 spiro atoms. The summed E-state index contributed by atoms with van der Waals surface area (Å²) in [6.07, 6.45) is 4.65. The summed E-state index contributed by atoms with van der Waals surface area (Å²) in [6.45, 7) is 4.29. The molecule has 0 unspecified atom stereocenters. The van der Waals surface area contributed by atoms with Crippen molar-refractivity contribution in [3.63, 3.8) is 0 Å². The molecule has 0 bridgehead atoms. The van der Waals surface area contributed by atoms with Gasteiger partial charge >= 0.3 is 6.09 Å². The van der Waals surface area contributed by atoms with Crippen LogP contribution in [0.1, 0.15) is 19.3 Å². The predicted octanol–water partition coefficient (Wildman–Crippen LogP) is 1.67. The van der Waals surface area contributed by atoms with Crippen molar-refractivity contribution < 1.29 is 19.0 Å². The van der Waals surface area contributed by atoms with Gasteiger partial charge in [0, 0.05) is 32.3 Å². The number of rotatable bonds is 4. The van der Waals surface area contributed by atoms with Crippen molar-refractivity contribution in [2.75, 3.05) is 44.3 Å². The van der Waals surface area contributed by atoms with Gasteiger partial charge in [0.1, 0.15) is 6.10 Å². The number of carbonyl (C=O) groups is 1. The van der Waals surface area contributed by atoms with E-state index >= 15 is 0 Å². The zero-order chi connectivity index (χ0) is 16.4. The van der Waals surface area contributed by atoms with E-state index in [4.69, 9.17) is 14.2 Å². The molecule has 4 rings (SSSR count). The molecule has 0 saturated carbocycles. The van der Waals surface area contributed by atoms with Crippen LogP contribution in [0.2, 0.25) is 0 Å². The maximum absolute atomic E-state index is 12.1. The third-order valence-corrected chi connectivity index (χ3v) is 4.73. The van der Waals surface area contributed by atoms with Crippen molar-refractivity contribution in [1.29, 1.82) is 0 Å². The third-order valence-electron chi connectivity index (χ3n) is 4.73. The number of ether oxygens (including phenoxy) is 3. The summed E-state index contributed by atoms with van der Waals surface area (Å²) in [6, 6.07) is 3.86. The molecule has 0 N–H and O–H groups in total. The van der Waals surface area contributed by atoms with Gasteiger partial charge in [-0.05, 0) is 25.0 Å². The number of hydrogen-bond donors (Lipinski definition) is 0. The van der Waals surface area contributed by atoms with Gasteiger partial charge in [-0.25, -0.2) is 9.78 Å². The van der Waals surface area contributed by atoms with Crippen LogP contribution in [0, 0.1) is 0 Å². The lowest BCUT2D eigenvalue weighted by molar-refractivity contribution is -0.104. The maximum Gasteiger partial charge on any atom is 0.410 e. The van der Waals surface area contributed by atoms with Crippen LogP contribution in [0.3, 0.4) is 0 Å². The minimum absolute atomic E-state index is 0.0132. The molecule has 7 nitrogen and oxygen atoms in total. The number of nitrogens with zero attached hydrogens (tertiary/aromatic N) is 3. The Morgan fingerprint density at radius 2 is 2.04 bits per heavy atom. The van der Waals surface area contributed by atoms with Gasteiger partial charge in [0.05, 0.1) is 19.8 Å². The van der Waals surface area contributed by atoms with Crippen LogP contribution in [-0.4, -0.2) is 67.6 Å². The number of likely N-dealkylation sites (tertiary alicyclic amines) is 1. The molecule has 3 saturated heterocycles. The first-order valence-corrected chi connectivity index (χ1v) is 8.69. The average molecular weight is 333 g/mol. The predicted molar refractivity (Wildman–Crippen MR) is 87.4 cm³/mol. The SMILES string of the molecule is O=C(OC1COC1)N1CC[C@H](Oc2cccnc2N2CCCC2)C1. The van der Waals surface area contributed by atoms with Crippen LogP contribution in [0.15, 0.2) is 18.3 Å². The minimum atomic E-state index is -0.264. The van der Waals surface area contributed by atoms with Crippen molar-refractivity contribution in [3.8, 4) is 5.75 Å². The summed E-state index contributed by atoms with van der Waals surface area (Å²) in [5.74, 6) is 1.73. The lowest BCUT2D eigenvalue weighted by Gasteiger charge is -2.28. The van der Waals surface area contributed by atoms with Gasteiger partial charge in [-0.3, -0.25) is 0 Å². The first kappa shape index (κ1) is 15.5. The molecular formula is C17H23N3O4. The Balaban J connectivity index is 1.35. The highest BCUT2D eigenvalue weighted by molar-refractivity contribution is 5.68. The molecule has 1 aromatic heterocycles. The first-order valence-electron chi connectivity index (χ1n) is 8.69. The lowest BCUT2D eigenvalue weighted by atomic mass is 10.3. The summed E-state index contributed by atoms with van der Waals surface area (Å²) >= 11 is 0. The summed E-state index contributed by atoms with van der Waals surface area (Å²) in [5.41, 5.74) is 0. The molecule has 1 amide bonds. The van der Waals surface area contributed by atoms with E-state index in [2.05, 4.69) is 9.88 Å². The Labute approximate surface area is 141 Å². The summed E-state index contributed by atoms with van der Waals surface area (Å²) < 4.78 is 16.6. The lowest BCUT2D eigenvalue weighted by Crippen LogP contribution is -2.42. The Bertz CT molecular complexity index is 587. The molecule has 4 heterocycles. The van der Waals surface area contributed by atoms with Crippen LogP contribution >= 0.6 is 0 Å². The van der Waals surface area contributed by atoms with Crippen LogP contribution < -0.4 is 9.64 Å². The van der Waals surface area contributed by atoms with Crippen molar-refractivity contribution in [2.45, 2.75) is 31.5 Å². The largest absolute Gasteiger partial charge is 0.485 e. The van der Waals surface area contributed by atoms with E-state index in [1.165, 1.54) is 12.8 Å². The topological polar surface area (TPSA) is 64.1 Å². The Hall–Kier alpha value is -2.02. The van der Waals surface area contributed by atoms with Crippen molar-refractivity contribution >= 4 is 11.9 Å². The third kappa shape index (κ3) is 3.26. The molecule has 0 aliphatic carbocycles. The second-order valence-corrected chi connectivity index (χ2v) is 6.54. The molecule has 130 valence electrons. The molecule has 3 aliphatic heterocycles. The number of hydrogen-bond acceptors (Lipinski definition) is 6. The molecule has 24 heavy (non-hydrogen) atoms. The Morgan fingerprint density at radius 1 is 1.21 bits per heavy atom. The highest BCUT2D eigenvalue weighted by atomic mass is 16.6. The monoisotopic (exact) mass is 333 g/mol. The summed E-state index contributed by atoms with van der Waals surface area (Å²) in [4.78, 5) is 20.6. The molecule has 0 radical (unpaired) electrons. The van der Waals surface area contributed by atoms with Crippen molar-refractivity contribution in [3.05, 3.63) is 18.3 Å². The number of anilines is 1. The smallest absolute Gasteiger partial charge is 0.410 e. The van der Waals surface area contributed by atoms with E-state index < -0.39 is 0 Å². The van der Waals surface area contributed by atoms with Gasteiger partial charge < -0.3 is 24.0 Å². The zero-order valence-electron chi connectivity index (χ0n) is 13.7. The van der Waals surface area contributed by atoms with Gasteiger partial charge in [-0.2, -0.15) is 0 Å². The van der Waals surface area contributed by atoms with Crippen LogP contribution in [0.25, 0.3) is 0 Å². The molecule has 7 heteroatoms. The fraction of sp³-hybridized carbons (Fsp3) is 0.647. The average Bonchev–Trinajstić information content (AvgIpc) is 3.23. The summed E-state index contributed by atoms with van der Waals surface area (Å²) in [5, 5.41) is 0. The van der Waals surface area contributed by atoms with Crippen molar-refractivity contribution in [2.24, 2.45) is 0 Å². The standard InChI is InChI=1S/C17H23N3O4/c21-17(24-14-11-22-12-14)20-9-5-13(10-20)23-15-4-3-6-18-16(15)19-7-1-2-8-19/h3-4,6,13-14H,1-2,5,7-12H2/t13-/m0/s1. The maximum atomic E-state index is 12.1. The number of carbonyl (C=O) groups excluding carboxylic acids is 1. The fourth-order valence-corrected chi connectivity index (χ4v) is 3.31. The summed E-state index contributed by atoms with van der Waals surface area (Å²) in [7, 11) is 0. The molecule has 3 fully saturated rings. The van der Waals surface area contributed by atoms with Crippen molar-refractivity contribution in [1.82, 2.24) is 9.88 Å². The zero-order valence-corrected chi connectivity index (χ0v) is 13.7. The van der Waals surface area contributed by atoms with E-state index in [1.807, 2.05) is 12.1 Å². The van der Waals surface area contributed by atoms with E-state index in [1.54, 1.807) is 11.1 Å². The number of pyridine rings is 1. The second kappa shape index (κ2) is 6.84. The molecule has 0 aromatic carbocycles. The molecule has 1 aromatic rings. The minimum Gasteiger partial charge on any atom is -0.485 e. The molecular weight excluding hydrogens is 310 g/mol. The first-order chi connectivity index (χ1) is 11.8. The van der Waals surface area contributed by atoms with Gasteiger partial charge in [-0.1, -0.05) is 0 Å². The quantitative estimate of drug-likeness (QED) is 0.835.